The first-order valence-electron chi connectivity index (χ1n) is 8.48. The summed E-state index contributed by atoms with van der Waals surface area (Å²) < 4.78 is 1.81. The molecule has 0 aliphatic carbocycles. The topological polar surface area (TPSA) is 59.3 Å². The molecule has 0 atom stereocenters. The number of rotatable bonds is 8. The zero-order valence-corrected chi connectivity index (χ0v) is 14.0. The third-order valence-corrected chi connectivity index (χ3v) is 4.27. The molecule has 0 radical (unpaired) electrons. The van der Waals surface area contributed by atoms with Crippen LogP contribution in [0, 0.1) is 0 Å². The fourth-order valence-electron chi connectivity index (χ4n) is 3.02. The third-order valence-electron chi connectivity index (χ3n) is 4.27. The van der Waals surface area contributed by atoms with Crippen LogP contribution in [-0.2, 0) is 13.0 Å². The Bertz CT molecular complexity index is 746. The molecule has 4 heteroatoms. The second kappa shape index (κ2) is 7.95. The molecule has 23 heavy (non-hydrogen) atoms. The first-order chi connectivity index (χ1) is 11.1. The third kappa shape index (κ3) is 4.01. The highest BCUT2D eigenvalue weighted by atomic mass is 16.4. The van der Waals surface area contributed by atoms with E-state index in [0.29, 0.717) is 13.0 Å². The summed E-state index contributed by atoms with van der Waals surface area (Å²) in [7, 11) is 0. The quantitative estimate of drug-likeness (QED) is 0.741. The number of carboxylic acid groups (broad SMARTS) is 1. The number of nitrogens with zero attached hydrogens (tertiary/aromatic N) is 1. The molecule has 0 aliphatic rings. The summed E-state index contributed by atoms with van der Waals surface area (Å²) in [5, 5.41) is 10.1. The van der Waals surface area contributed by atoms with E-state index in [0.717, 1.165) is 29.3 Å². The molecular formula is C19H25NO3. The molecule has 0 saturated heterocycles. The molecule has 0 fully saturated rings. The number of pyridine rings is 1. The van der Waals surface area contributed by atoms with Crippen LogP contribution in [0.5, 0.6) is 0 Å². The summed E-state index contributed by atoms with van der Waals surface area (Å²) in [4.78, 5) is 23.6. The molecule has 0 aliphatic heterocycles. The Labute approximate surface area is 136 Å². The van der Waals surface area contributed by atoms with Gasteiger partial charge < -0.3 is 9.67 Å². The molecule has 1 aromatic heterocycles. The van der Waals surface area contributed by atoms with Gasteiger partial charge in [-0.1, -0.05) is 39.5 Å². The molecule has 4 nitrogen and oxygen atoms in total. The Kier molecular flexibility index (Phi) is 5.97. The van der Waals surface area contributed by atoms with Gasteiger partial charge in [-0.05, 0) is 42.0 Å². The predicted molar refractivity (Wildman–Crippen MR) is 93.3 cm³/mol. The van der Waals surface area contributed by atoms with Gasteiger partial charge in [-0.3, -0.25) is 4.79 Å². The number of fused-ring (bicyclic) bond motifs is 1. The average Bonchev–Trinajstić information content (AvgIpc) is 2.55. The van der Waals surface area contributed by atoms with Crippen LogP contribution < -0.4 is 5.56 Å². The Hall–Kier alpha value is -2.10. The minimum Gasteiger partial charge on any atom is -0.478 e. The van der Waals surface area contributed by atoms with Crippen molar-refractivity contribution in [2.24, 2.45) is 0 Å². The molecule has 0 amide bonds. The first-order valence-corrected chi connectivity index (χ1v) is 8.48. The number of aromatic nitrogens is 1. The number of unbranched alkanes of at least 4 members (excludes halogenated alkanes) is 4. The van der Waals surface area contributed by atoms with Crippen LogP contribution in [0.15, 0.2) is 29.1 Å². The minimum atomic E-state index is -0.932. The summed E-state index contributed by atoms with van der Waals surface area (Å²) in [6.07, 6.45) is 6.42. The first kappa shape index (κ1) is 17.3. The highest BCUT2D eigenvalue weighted by Crippen LogP contribution is 2.21. The van der Waals surface area contributed by atoms with Crippen LogP contribution >= 0.6 is 0 Å². The lowest BCUT2D eigenvalue weighted by atomic mass is 10.0. The molecule has 0 unspecified atom stereocenters. The van der Waals surface area contributed by atoms with Crippen LogP contribution in [0.1, 0.15) is 61.9 Å². The van der Waals surface area contributed by atoms with Crippen molar-refractivity contribution >= 4 is 16.9 Å². The standard InChI is InChI=1S/C19H25NO3/c1-3-5-6-7-8-11-20-17(21)10-9-15-13-16(19(22)23)12-14(4-2)18(15)20/h9-10,12-13H,3-8,11H2,1-2H3,(H,22,23). The van der Waals surface area contributed by atoms with Gasteiger partial charge in [-0.15, -0.1) is 0 Å². The van der Waals surface area contributed by atoms with Gasteiger partial charge in [0.2, 0.25) is 0 Å². The zero-order chi connectivity index (χ0) is 16.8. The number of carboxylic acids is 1. The Morgan fingerprint density at radius 1 is 1.09 bits per heavy atom. The highest BCUT2D eigenvalue weighted by Gasteiger charge is 2.12. The molecule has 124 valence electrons. The van der Waals surface area contributed by atoms with Gasteiger partial charge in [-0.25, -0.2) is 4.79 Å². The average molecular weight is 315 g/mol. The van der Waals surface area contributed by atoms with Crippen molar-refractivity contribution in [2.75, 3.05) is 0 Å². The lowest BCUT2D eigenvalue weighted by Gasteiger charge is -2.14. The molecule has 1 aromatic carbocycles. The maximum absolute atomic E-state index is 12.3. The Morgan fingerprint density at radius 2 is 1.83 bits per heavy atom. The minimum absolute atomic E-state index is 0.00855. The Balaban J connectivity index is 2.40. The lowest BCUT2D eigenvalue weighted by Crippen LogP contribution is -2.20. The number of aryl methyl sites for hydroxylation is 2. The molecule has 2 rings (SSSR count). The van der Waals surface area contributed by atoms with Crippen molar-refractivity contribution in [3.63, 3.8) is 0 Å². The number of aromatic carboxylic acids is 1. The van der Waals surface area contributed by atoms with Gasteiger partial charge in [-0.2, -0.15) is 0 Å². The predicted octanol–water partition coefficient (Wildman–Crippen LogP) is 4.23. The summed E-state index contributed by atoms with van der Waals surface area (Å²) >= 11 is 0. The van der Waals surface area contributed by atoms with E-state index in [1.165, 1.54) is 19.3 Å². The number of hydrogen-bond donors (Lipinski definition) is 1. The number of hydrogen-bond acceptors (Lipinski definition) is 2. The normalized spacial score (nSPS) is 11.0. The fourth-order valence-corrected chi connectivity index (χ4v) is 3.02. The molecule has 0 bridgehead atoms. The van der Waals surface area contributed by atoms with E-state index in [9.17, 15) is 14.7 Å². The maximum Gasteiger partial charge on any atom is 0.335 e. The molecule has 1 heterocycles. The van der Waals surface area contributed by atoms with Gasteiger partial charge in [0, 0.05) is 12.6 Å². The van der Waals surface area contributed by atoms with Gasteiger partial charge in [0.25, 0.3) is 5.56 Å². The number of carbonyl (C=O) groups is 1. The highest BCUT2D eigenvalue weighted by molar-refractivity contribution is 5.94. The van der Waals surface area contributed by atoms with E-state index in [1.54, 1.807) is 24.3 Å². The second-order valence-corrected chi connectivity index (χ2v) is 5.97. The fraction of sp³-hybridized carbons (Fsp3) is 0.474. The SMILES string of the molecule is CCCCCCCn1c(=O)ccc2cc(C(=O)O)cc(CC)c21. The maximum atomic E-state index is 12.3. The largest absolute Gasteiger partial charge is 0.478 e. The van der Waals surface area contributed by atoms with E-state index >= 15 is 0 Å². The Morgan fingerprint density at radius 3 is 2.48 bits per heavy atom. The van der Waals surface area contributed by atoms with Crippen LogP contribution in [0.25, 0.3) is 10.9 Å². The molecule has 2 aromatic rings. The summed E-state index contributed by atoms with van der Waals surface area (Å²) in [6, 6.07) is 6.62. The van der Waals surface area contributed by atoms with Crippen LogP contribution in [0.3, 0.4) is 0 Å². The number of benzene rings is 1. The lowest BCUT2D eigenvalue weighted by molar-refractivity contribution is 0.0697. The molecule has 1 N–H and O–H groups in total. The van der Waals surface area contributed by atoms with Crippen LogP contribution in [0.2, 0.25) is 0 Å². The summed E-state index contributed by atoms with van der Waals surface area (Å²) in [6.45, 7) is 4.87. The van der Waals surface area contributed by atoms with E-state index in [4.69, 9.17) is 0 Å². The van der Waals surface area contributed by atoms with Gasteiger partial charge in [0.05, 0.1) is 11.1 Å². The van der Waals surface area contributed by atoms with Gasteiger partial charge >= 0.3 is 5.97 Å². The van der Waals surface area contributed by atoms with Gasteiger partial charge in [0.15, 0.2) is 0 Å². The van der Waals surface area contributed by atoms with E-state index in [1.807, 2.05) is 11.5 Å². The summed E-state index contributed by atoms with van der Waals surface area (Å²) in [5.41, 5.74) is 2.08. The van der Waals surface area contributed by atoms with Gasteiger partial charge in [0.1, 0.15) is 0 Å². The van der Waals surface area contributed by atoms with E-state index in [-0.39, 0.29) is 11.1 Å². The zero-order valence-electron chi connectivity index (χ0n) is 14.0. The van der Waals surface area contributed by atoms with Crippen LogP contribution in [0.4, 0.5) is 0 Å². The van der Waals surface area contributed by atoms with Crippen molar-refractivity contribution in [2.45, 2.75) is 58.9 Å². The van der Waals surface area contributed by atoms with Crippen molar-refractivity contribution < 1.29 is 9.90 Å². The smallest absolute Gasteiger partial charge is 0.335 e. The molecule has 0 spiro atoms. The summed E-state index contributed by atoms with van der Waals surface area (Å²) in [5.74, 6) is -0.932. The van der Waals surface area contributed by atoms with Crippen molar-refractivity contribution in [1.29, 1.82) is 0 Å². The second-order valence-electron chi connectivity index (χ2n) is 5.97. The van der Waals surface area contributed by atoms with E-state index < -0.39 is 5.97 Å². The van der Waals surface area contributed by atoms with Crippen molar-refractivity contribution in [1.82, 2.24) is 4.57 Å². The molecule has 0 saturated carbocycles. The van der Waals surface area contributed by atoms with Crippen molar-refractivity contribution in [3.05, 3.63) is 45.7 Å². The van der Waals surface area contributed by atoms with Crippen LogP contribution in [-0.4, -0.2) is 15.6 Å². The van der Waals surface area contributed by atoms with Crippen molar-refractivity contribution in [3.8, 4) is 0 Å². The van der Waals surface area contributed by atoms with E-state index in [2.05, 4.69) is 6.92 Å². The molecular weight excluding hydrogens is 290 g/mol. The monoisotopic (exact) mass is 315 g/mol.